The Morgan fingerprint density at radius 2 is 2.60 bits per heavy atom. The van der Waals surface area contributed by atoms with Gasteiger partial charge in [-0.05, 0) is 6.42 Å². The van der Waals surface area contributed by atoms with E-state index in [1.165, 1.54) is 7.11 Å². The fraction of sp³-hybridized carbons (Fsp3) is 0.571. The molecule has 56 valence electrons. The fourth-order valence-electron chi connectivity index (χ4n) is 1.02. The molecule has 1 saturated carbocycles. The van der Waals surface area contributed by atoms with Crippen molar-refractivity contribution in [2.75, 3.05) is 7.11 Å². The van der Waals surface area contributed by atoms with Crippen LogP contribution in [0.5, 0.6) is 0 Å². The summed E-state index contributed by atoms with van der Waals surface area (Å²) in [6.07, 6.45) is 2.36. The summed E-state index contributed by atoms with van der Waals surface area (Å²) in [5.41, 5.74) is 4.86. The van der Waals surface area contributed by atoms with Crippen LogP contribution in [0.1, 0.15) is 6.42 Å². The predicted molar refractivity (Wildman–Crippen MR) is 37.2 cm³/mol. The molecular weight excluding hydrogens is 130 g/mol. The number of rotatable bonds is 2. The molecule has 0 heterocycles. The average Bonchev–Trinajstić information content (AvgIpc) is 2.61. The Morgan fingerprint density at radius 3 is 2.90 bits per heavy atom. The van der Waals surface area contributed by atoms with E-state index in [4.69, 9.17) is 5.73 Å². The lowest BCUT2D eigenvalue weighted by Gasteiger charge is -2.05. The first kappa shape index (κ1) is 7.28. The lowest BCUT2D eigenvalue weighted by Crippen LogP contribution is -2.36. The van der Waals surface area contributed by atoms with E-state index >= 15 is 0 Å². The highest BCUT2D eigenvalue weighted by Crippen LogP contribution is 2.42. The molecule has 1 aliphatic rings. The molecule has 2 atom stereocenters. The summed E-state index contributed by atoms with van der Waals surface area (Å²) in [4.78, 5) is 10.9. The van der Waals surface area contributed by atoms with Crippen molar-refractivity contribution in [2.24, 2.45) is 11.7 Å². The monoisotopic (exact) mass is 141 g/mol. The summed E-state index contributed by atoms with van der Waals surface area (Å²) >= 11 is 0. The first-order valence-corrected chi connectivity index (χ1v) is 3.15. The van der Waals surface area contributed by atoms with E-state index in [-0.39, 0.29) is 11.9 Å². The first-order valence-electron chi connectivity index (χ1n) is 3.15. The molecule has 0 saturated heterocycles. The Morgan fingerprint density at radius 1 is 2.00 bits per heavy atom. The Balaban J connectivity index is 2.58. The lowest BCUT2D eigenvalue weighted by molar-refractivity contribution is -0.143. The highest BCUT2D eigenvalue weighted by Gasteiger charge is 2.56. The van der Waals surface area contributed by atoms with Crippen molar-refractivity contribution in [3.05, 3.63) is 12.7 Å². The molecule has 0 aromatic rings. The minimum atomic E-state index is -0.753. The third kappa shape index (κ3) is 0.827. The summed E-state index contributed by atoms with van der Waals surface area (Å²) in [6, 6.07) is 0. The van der Waals surface area contributed by atoms with E-state index in [0.29, 0.717) is 6.42 Å². The van der Waals surface area contributed by atoms with Crippen molar-refractivity contribution in [2.45, 2.75) is 12.0 Å². The van der Waals surface area contributed by atoms with Crippen LogP contribution in [0, 0.1) is 5.92 Å². The van der Waals surface area contributed by atoms with Gasteiger partial charge in [-0.25, -0.2) is 0 Å². The molecular formula is C7H11NO2. The molecule has 3 nitrogen and oxygen atoms in total. The van der Waals surface area contributed by atoms with Gasteiger partial charge in [-0.3, -0.25) is 4.79 Å². The quantitative estimate of drug-likeness (QED) is 0.437. The van der Waals surface area contributed by atoms with Crippen molar-refractivity contribution in [1.29, 1.82) is 0 Å². The van der Waals surface area contributed by atoms with Gasteiger partial charge < -0.3 is 10.5 Å². The second-order valence-corrected chi connectivity index (χ2v) is 2.58. The standard InChI is InChI=1S/C7H11NO2/c1-3-5-4-7(5,8)6(9)10-2/h3,5H,1,4,8H2,2H3/t5-,7+/m0/s1. The van der Waals surface area contributed by atoms with Crippen LogP contribution in [0.2, 0.25) is 0 Å². The number of esters is 1. The number of nitrogens with two attached hydrogens (primary N) is 1. The molecule has 1 fully saturated rings. The van der Waals surface area contributed by atoms with Gasteiger partial charge in [-0.1, -0.05) is 6.08 Å². The first-order chi connectivity index (χ1) is 4.65. The van der Waals surface area contributed by atoms with Gasteiger partial charge in [0.25, 0.3) is 0 Å². The largest absolute Gasteiger partial charge is 0.468 e. The smallest absolute Gasteiger partial charge is 0.326 e. The molecule has 0 aromatic carbocycles. The number of ether oxygens (including phenoxy) is 1. The second kappa shape index (κ2) is 2.09. The van der Waals surface area contributed by atoms with Crippen molar-refractivity contribution in [3.63, 3.8) is 0 Å². The molecule has 0 spiro atoms. The lowest BCUT2D eigenvalue weighted by atomic mass is 10.2. The predicted octanol–water partition coefficient (Wildman–Crippen LogP) is 0.0628. The number of hydrogen-bond donors (Lipinski definition) is 1. The summed E-state index contributed by atoms with van der Waals surface area (Å²) in [5, 5.41) is 0. The molecule has 0 unspecified atom stereocenters. The van der Waals surface area contributed by atoms with Gasteiger partial charge in [0.15, 0.2) is 0 Å². The van der Waals surface area contributed by atoms with Crippen molar-refractivity contribution in [3.8, 4) is 0 Å². The van der Waals surface area contributed by atoms with E-state index in [1.807, 2.05) is 0 Å². The third-order valence-electron chi connectivity index (χ3n) is 1.91. The van der Waals surface area contributed by atoms with Gasteiger partial charge in [0.2, 0.25) is 0 Å². The number of carbonyl (C=O) groups is 1. The average molecular weight is 141 g/mol. The van der Waals surface area contributed by atoms with Gasteiger partial charge in [0.1, 0.15) is 5.54 Å². The minimum Gasteiger partial charge on any atom is -0.468 e. The summed E-state index contributed by atoms with van der Waals surface area (Å²) in [5.74, 6) is -0.225. The Hall–Kier alpha value is -0.830. The summed E-state index contributed by atoms with van der Waals surface area (Å²) in [6.45, 7) is 3.55. The van der Waals surface area contributed by atoms with Crippen LogP contribution in [0.15, 0.2) is 12.7 Å². The van der Waals surface area contributed by atoms with Crippen LogP contribution >= 0.6 is 0 Å². The maximum atomic E-state index is 10.9. The molecule has 0 aromatic heterocycles. The van der Waals surface area contributed by atoms with Gasteiger partial charge in [-0.15, -0.1) is 6.58 Å². The van der Waals surface area contributed by atoms with E-state index in [0.717, 1.165) is 0 Å². The van der Waals surface area contributed by atoms with Gasteiger partial charge >= 0.3 is 5.97 Å². The number of carbonyl (C=O) groups excluding carboxylic acids is 1. The zero-order valence-electron chi connectivity index (χ0n) is 5.96. The minimum absolute atomic E-state index is 0.111. The normalized spacial score (nSPS) is 36.8. The van der Waals surface area contributed by atoms with Crippen LogP contribution in [-0.2, 0) is 9.53 Å². The molecule has 0 bridgehead atoms. The summed E-state index contributed by atoms with van der Waals surface area (Å²) < 4.78 is 4.50. The van der Waals surface area contributed by atoms with Gasteiger partial charge in [0.05, 0.1) is 7.11 Å². The van der Waals surface area contributed by atoms with E-state index in [9.17, 15) is 4.79 Å². The van der Waals surface area contributed by atoms with Crippen molar-refractivity contribution in [1.82, 2.24) is 0 Å². The molecule has 0 amide bonds. The molecule has 2 N–H and O–H groups in total. The Labute approximate surface area is 59.8 Å². The Kier molecular flexibility index (Phi) is 1.52. The highest BCUT2D eigenvalue weighted by atomic mass is 16.5. The van der Waals surface area contributed by atoms with E-state index in [2.05, 4.69) is 11.3 Å². The van der Waals surface area contributed by atoms with Crippen LogP contribution in [0.3, 0.4) is 0 Å². The van der Waals surface area contributed by atoms with E-state index in [1.54, 1.807) is 6.08 Å². The van der Waals surface area contributed by atoms with Gasteiger partial charge in [-0.2, -0.15) is 0 Å². The molecule has 10 heavy (non-hydrogen) atoms. The Bertz CT molecular complexity index is 178. The molecule has 0 aliphatic heterocycles. The topological polar surface area (TPSA) is 52.3 Å². The van der Waals surface area contributed by atoms with Crippen LogP contribution < -0.4 is 5.73 Å². The molecule has 1 aliphatic carbocycles. The molecule has 3 heteroatoms. The van der Waals surface area contributed by atoms with Crippen LogP contribution in [0.25, 0.3) is 0 Å². The SMILES string of the molecule is C=C[C@H]1C[C@]1(N)C(=O)OC. The van der Waals surface area contributed by atoms with Crippen LogP contribution in [-0.4, -0.2) is 18.6 Å². The fourth-order valence-corrected chi connectivity index (χ4v) is 1.02. The number of methoxy groups -OCH3 is 1. The third-order valence-corrected chi connectivity index (χ3v) is 1.91. The maximum absolute atomic E-state index is 10.9. The molecule has 1 rings (SSSR count). The number of hydrogen-bond acceptors (Lipinski definition) is 3. The maximum Gasteiger partial charge on any atom is 0.326 e. The van der Waals surface area contributed by atoms with E-state index < -0.39 is 5.54 Å². The zero-order valence-corrected chi connectivity index (χ0v) is 5.96. The summed E-state index contributed by atoms with van der Waals surface area (Å²) in [7, 11) is 1.34. The van der Waals surface area contributed by atoms with Crippen molar-refractivity contribution >= 4 is 5.97 Å². The van der Waals surface area contributed by atoms with Crippen molar-refractivity contribution < 1.29 is 9.53 Å². The second-order valence-electron chi connectivity index (χ2n) is 2.58. The molecule has 0 radical (unpaired) electrons. The van der Waals surface area contributed by atoms with Crippen LogP contribution in [0.4, 0.5) is 0 Å². The van der Waals surface area contributed by atoms with Gasteiger partial charge in [0, 0.05) is 5.92 Å². The zero-order chi connectivity index (χ0) is 7.78. The highest BCUT2D eigenvalue weighted by molar-refractivity contribution is 5.85.